The number of para-hydroxylation sites is 1. The largest absolute Gasteiger partial charge is 0.299 e. The van der Waals surface area contributed by atoms with Crippen LogP contribution in [0.4, 0.5) is 0 Å². The van der Waals surface area contributed by atoms with Crippen LogP contribution in [-0.4, -0.2) is 32.8 Å². The van der Waals surface area contributed by atoms with E-state index in [0.29, 0.717) is 35.0 Å². The summed E-state index contributed by atoms with van der Waals surface area (Å²) in [4.78, 5) is 42.6. The Kier molecular flexibility index (Phi) is 3.65. The highest BCUT2D eigenvalue weighted by molar-refractivity contribution is 6.21. The van der Waals surface area contributed by atoms with Crippen molar-refractivity contribution < 1.29 is 9.59 Å². The van der Waals surface area contributed by atoms with Crippen molar-refractivity contribution in [3.63, 3.8) is 0 Å². The van der Waals surface area contributed by atoms with Crippen LogP contribution in [0.15, 0.2) is 59.7 Å². The standard InChI is InChI=1S/C19H15N3O3/c23-17-15-8-3-4-9-16(15)20-12-21(17)10-5-11-22-18(24)13-6-1-2-7-14(13)19(22)25/h1-4,6-9,12H,5,10-11H2. The number of hydrogen-bond acceptors (Lipinski definition) is 4. The van der Waals surface area contributed by atoms with Gasteiger partial charge in [-0.05, 0) is 30.7 Å². The second kappa shape index (κ2) is 5.98. The van der Waals surface area contributed by atoms with E-state index in [1.54, 1.807) is 42.5 Å². The van der Waals surface area contributed by atoms with Crippen LogP contribution >= 0.6 is 0 Å². The third-order valence-corrected chi connectivity index (χ3v) is 4.39. The number of rotatable bonds is 4. The van der Waals surface area contributed by atoms with Gasteiger partial charge in [-0.15, -0.1) is 0 Å². The molecule has 2 aromatic carbocycles. The Morgan fingerprint density at radius 1 is 0.800 bits per heavy atom. The molecule has 4 rings (SSSR count). The molecule has 0 N–H and O–H groups in total. The minimum atomic E-state index is -0.274. The Balaban J connectivity index is 1.49. The van der Waals surface area contributed by atoms with Crippen LogP contribution in [0.2, 0.25) is 0 Å². The lowest BCUT2D eigenvalue weighted by Gasteiger charge is -2.14. The molecule has 2 amide bonds. The summed E-state index contributed by atoms with van der Waals surface area (Å²) in [7, 11) is 0. The summed E-state index contributed by atoms with van der Waals surface area (Å²) >= 11 is 0. The van der Waals surface area contributed by atoms with Crippen LogP contribution in [0.3, 0.4) is 0 Å². The lowest BCUT2D eigenvalue weighted by atomic mass is 10.1. The van der Waals surface area contributed by atoms with Crippen molar-refractivity contribution in [1.29, 1.82) is 0 Å². The van der Waals surface area contributed by atoms with Crippen molar-refractivity contribution >= 4 is 22.7 Å². The molecule has 25 heavy (non-hydrogen) atoms. The molecule has 1 aliphatic rings. The number of carbonyl (C=O) groups excluding carboxylic acids is 2. The van der Waals surface area contributed by atoms with Crippen molar-refractivity contribution in [1.82, 2.24) is 14.5 Å². The molecule has 1 aliphatic heterocycles. The zero-order valence-corrected chi connectivity index (χ0v) is 13.4. The third kappa shape index (κ3) is 2.52. The molecule has 0 unspecified atom stereocenters. The van der Waals surface area contributed by atoms with Gasteiger partial charge in [-0.3, -0.25) is 23.9 Å². The van der Waals surface area contributed by atoms with Gasteiger partial charge < -0.3 is 0 Å². The van der Waals surface area contributed by atoms with E-state index in [9.17, 15) is 14.4 Å². The number of fused-ring (bicyclic) bond motifs is 2. The number of benzene rings is 2. The maximum absolute atomic E-state index is 12.4. The molecule has 0 bridgehead atoms. The highest BCUT2D eigenvalue weighted by Crippen LogP contribution is 2.22. The Hall–Kier alpha value is -3.28. The van der Waals surface area contributed by atoms with E-state index in [4.69, 9.17) is 0 Å². The zero-order chi connectivity index (χ0) is 17.4. The number of imide groups is 1. The molecule has 0 radical (unpaired) electrons. The van der Waals surface area contributed by atoms with E-state index in [-0.39, 0.29) is 23.9 Å². The molecule has 2 heterocycles. The van der Waals surface area contributed by atoms with Crippen LogP contribution in [-0.2, 0) is 6.54 Å². The summed E-state index contributed by atoms with van der Waals surface area (Å²) in [5.41, 5.74) is 1.42. The molecule has 6 heteroatoms. The fourth-order valence-electron chi connectivity index (χ4n) is 3.11. The van der Waals surface area contributed by atoms with E-state index in [1.807, 2.05) is 6.07 Å². The predicted octanol–water partition coefficient (Wildman–Crippen LogP) is 2.08. The predicted molar refractivity (Wildman–Crippen MR) is 92.4 cm³/mol. The first-order valence-electron chi connectivity index (χ1n) is 8.06. The molecule has 0 saturated heterocycles. The lowest BCUT2D eigenvalue weighted by molar-refractivity contribution is 0.0650. The lowest BCUT2D eigenvalue weighted by Crippen LogP contribution is -2.32. The van der Waals surface area contributed by atoms with Gasteiger partial charge in [0.2, 0.25) is 0 Å². The van der Waals surface area contributed by atoms with Gasteiger partial charge in [0.1, 0.15) is 0 Å². The van der Waals surface area contributed by atoms with Gasteiger partial charge in [0.25, 0.3) is 17.4 Å². The SMILES string of the molecule is O=C1c2ccccc2C(=O)N1CCCn1cnc2ccccc2c1=O. The Bertz CT molecular complexity index is 1020. The van der Waals surface area contributed by atoms with Gasteiger partial charge in [0.15, 0.2) is 0 Å². The van der Waals surface area contributed by atoms with Crippen molar-refractivity contribution in [2.24, 2.45) is 0 Å². The number of aromatic nitrogens is 2. The Morgan fingerprint density at radius 3 is 2.16 bits per heavy atom. The highest BCUT2D eigenvalue weighted by Gasteiger charge is 2.34. The number of nitrogens with zero attached hydrogens (tertiary/aromatic N) is 3. The van der Waals surface area contributed by atoms with Crippen LogP contribution < -0.4 is 5.56 Å². The molecule has 1 aromatic heterocycles. The minimum Gasteiger partial charge on any atom is -0.299 e. The molecular formula is C19H15N3O3. The normalized spacial score (nSPS) is 13.5. The van der Waals surface area contributed by atoms with Crippen LogP contribution in [0.25, 0.3) is 10.9 Å². The Morgan fingerprint density at radius 2 is 1.44 bits per heavy atom. The molecule has 124 valence electrons. The van der Waals surface area contributed by atoms with Crippen LogP contribution in [0, 0.1) is 0 Å². The first kappa shape index (κ1) is 15.3. The molecule has 0 atom stereocenters. The number of amides is 2. The van der Waals surface area contributed by atoms with Crippen molar-refractivity contribution in [3.05, 3.63) is 76.3 Å². The van der Waals surface area contributed by atoms with E-state index in [0.717, 1.165) is 0 Å². The summed E-state index contributed by atoms with van der Waals surface area (Å²) in [5, 5.41) is 0.561. The van der Waals surface area contributed by atoms with Gasteiger partial charge in [-0.25, -0.2) is 4.98 Å². The van der Waals surface area contributed by atoms with E-state index in [2.05, 4.69) is 4.98 Å². The smallest absolute Gasteiger partial charge is 0.261 e. The second-order valence-electron chi connectivity index (χ2n) is 5.92. The maximum Gasteiger partial charge on any atom is 0.261 e. The van der Waals surface area contributed by atoms with E-state index >= 15 is 0 Å². The Labute approximate surface area is 143 Å². The molecule has 3 aromatic rings. The van der Waals surface area contributed by atoms with Gasteiger partial charge in [-0.2, -0.15) is 0 Å². The van der Waals surface area contributed by atoms with Crippen LogP contribution in [0.5, 0.6) is 0 Å². The first-order valence-corrected chi connectivity index (χ1v) is 8.06. The summed E-state index contributed by atoms with van der Waals surface area (Å²) in [6.45, 7) is 0.662. The zero-order valence-electron chi connectivity index (χ0n) is 13.4. The average Bonchev–Trinajstić information content (AvgIpc) is 2.89. The molecule has 6 nitrogen and oxygen atoms in total. The van der Waals surface area contributed by atoms with Crippen molar-refractivity contribution in [2.75, 3.05) is 6.54 Å². The van der Waals surface area contributed by atoms with Crippen molar-refractivity contribution in [2.45, 2.75) is 13.0 Å². The fourth-order valence-corrected chi connectivity index (χ4v) is 3.11. The minimum absolute atomic E-state index is 0.118. The molecule has 0 aliphatic carbocycles. The van der Waals surface area contributed by atoms with E-state index in [1.165, 1.54) is 15.8 Å². The summed E-state index contributed by atoms with van der Waals surface area (Å²) < 4.78 is 1.51. The van der Waals surface area contributed by atoms with Gasteiger partial charge >= 0.3 is 0 Å². The van der Waals surface area contributed by atoms with E-state index < -0.39 is 0 Å². The van der Waals surface area contributed by atoms with Crippen LogP contribution in [0.1, 0.15) is 27.1 Å². The number of hydrogen-bond donors (Lipinski definition) is 0. The third-order valence-electron chi connectivity index (χ3n) is 4.39. The van der Waals surface area contributed by atoms with Gasteiger partial charge in [-0.1, -0.05) is 24.3 Å². The maximum atomic E-state index is 12.4. The van der Waals surface area contributed by atoms with Gasteiger partial charge in [0.05, 0.1) is 28.4 Å². The number of aryl methyl sites for hydroxylation is 1. The average molecular weight is 333 g/mol. The van der Waals surface area contributed by atoms with Crippen molar-refractivity contribution in [3.8, 4) is 0 Å². The summed E-state index contributed by atoms with van der Waals surface area (Å²) in [5.74, 6) is -0.547. The summed E-state index contributed by atoms with van der Waals surface area (Å²) in [6.07, 6.45) is 2.00. The first-order chi connectivity index (χ1) is 12.2. The molecule has 0 fully saturated rings. The second-order valence-corrected chi connectivity index (χ2v) is 5.92. The summed E-state index contributed by atoms with van der Waals surface area (Å²) in [6, 6.07) is 14.0. The molecular weight excluding hydrogens is 318 g/mol. The fraction of sp³-hybridized carbons (Fsp3) is 0.158. The van der Waals surface area contributed by atoms with Gasteiger partial charge in [0, 0.05) is 13.1 Å². The monoisotopic (exact) mass is 333 g/mol. The number of carbonyl (C=O) groups is 2. The topological polar surface area (TPSA) is 72.3 Å². The molecule has 0 spiro atoms. The molecule has 0 saturated carbocycles. The quantitative estimate of drug-likeness (QED) is 0.685. The highest BCUT2D eigenvalue weighted by atomic mass is 16.2.